The lowest BCUT2D eigenvalue weighted by Gasteiger charge is -2.31. The molecule has 16 heavy (non-hydrogen) atoms. The van der Waals surface area contributed by atoms with Gasteiger partial charge >= 0.3 is 11.9 Å². The Morgan fingerprint density at radius 2 is 2.12 bits per heavy atom. The number of aromatic carboxylic acids is 1. The summed E-state index contributed by atoms with van der Waals surface area (Å²) in [6.07, 6.45) is 0. The van der Waals surface area contributed by atoms with Gasteiger partial charge < -0.3 is 15.2 Å². The Balaban J connectivity index is 2.45. The molecule has 1 aromatic rings. The van der Waals surface area contributed by atoms with E-state index in [4.69, 9.17) is 9.84 Å². The summed E-state index contributed by atoms with van der Waals surface area (Å²) >= 11 is 0. The highest BCUT2D eigenvalue weighted by Gasteiger charge is 2.35. The van der Waals surface area contributed by atoms with Crippen LogP contribution in [-0.2, 0) is 4.79 Å². The van der Waals surface area contributed by atoms with Gasteiger partial charge in [0.2, 0.25) is 0 Å². The van der Waals surface area contributed by atoms with Crippen LogP contribution in [0.5, 0.6) is 5.75 Å². The van der Waals surface area contributed by atoms with Crippen LogP contribution < -0.4 is 10.1 Å². The molecule has 1 aliphatic heterocycles. The molecule has 0 atom stereocenters. The van der Waals surface area contributed by atoms with Gasteiger partial charge in [-0.3, -0.25) is 0 Å². The number of carbonyl (C=O) groups excluding carboxylic acids is 1. The first-order chi connectivity index (χ1) is 7.40. The van der Waals surface area contributed by atoms with Gasteiger partial charge in [0.1, 0.15) is 5.54 Å². The normalized spacial score (nSPS) is 17.0. The fraction of sp³-hybridized carbons (Fsp3) is 0.273. The molecule has 5 nitrogen and oxygen atoms in total. The first-order valence-corrected chi connectivity index (χ1v) is 4.78. The summed E-state index contributed by atoms with van der Waals surface area (Å²) < 4.78 is 5.09. The van der Waals surface area contributed by atoms with Crippen molar-refractivity contribution in [3.05, 3.63) is 23.8 Å². The van der Waals surface area contributed by atoms with Crippen LogP contribution in [0.25, 0.3) is 0 Å². The minimum Gasteiger partial charge on any atom is -0.478 e. The number of anilines is 1. The third kappa shape index (κ3) is 1.60. The Bertz CT molecular complexity index is 479. The highest BCUT2D eigenvalue weighted by Crippen LogP contribution is 2.33. The average Bonchev–Trinajstić information content (AvgIpc) is 2.18. The maximum Gasteiger partial charge on any atom is 0.336 e. The van der Waals surface area contributed by atoms with Gasteiger partial charge in [-0.15, -0.1) is 0 Å². The number of carboxylic acid groups (broad SMARTS) is 1. The molecule has 0 saturated carbocycles. The minimum absolute atomic E-state index is 0.153. The predicted molar refractivity (Wildman–Crippen MR) is 56.7 cm³/mol. The summed E-state index contributed by atoms with van der Waals surface area (Å²) in [7, 11) is 0. The van der Waals surface area contributed by atoms with Crippen LogP contribution in [0.2, 0.25) is 0 Å². The summed E-state index contributed by atoms with van der Waals surface area (Å²) in [6, 6.07) is 4.32. The largest absolute Gasteiger partial charge is 0.478 e. The van der Waals surface area contributed by atoms with Gasteiger partial charge in [-0.25, -0.2) is 9.59 Å². The molecule has 0 aliphatic carbocycles. The summed E-state index contributed by atoms with van der Waals surface area (Å²) in [6.45, 7) is 3.34. The smallest absolute Gasteiger partial charge is 0.336 e. The van der Waals surface area contributed by atoms with Gasteiger partial charge in [0.25, 0.3) is 0 Å². The van der Waals surface area contributed by atoms with E-state index in [0.29, 0.717) is 11.4 Å². The lowest BCUT2D eigenvalue weighted by atomic mass is 10.0. The lowest BCUT2D eigenvalue weighted by molar-refractivity contribution is -0.139. The van der Waals surface area contributed by atoms with Crippen molar-refractivity contribution in [3.8, 4) is 5.75 Å². The van der Waals surface area contributed by atoms with E-state index in [1.54, 1.807) is 13.8 Å². The molecule has 2 N–H and O–H groups in total. The molecule has 0 amide bonds. The topological polar surface area (TPSA) is 75.6 Å². The number of benzene rings is 1. The number of carboxylic acids is 1. The SMILES string of the molecule is CC1(C)Nc2cc(C(=O)O)ccc2OC1=O. The monoisotopic (exact) mass is 221 g/mol. The number of hydrogen-bond acceptors (Lipinski definition) is 4. The fourth-order valence-corrected chi connectivity index (χ4v) is 1.46. The van der Waals surface area contributed by atoms with Crippen molar-refractivity contribution >= 4 is 17.6 Å². The van der Waals surface area contributed by atoms with Gasteiger partial charge in [-0.05, 0) is 32.0 Å². The molecule has 2 rings (SSSR count). The molecular weight excluding hydrogens is 210 g/mol. The van der Waals surface area contributed by atoms with Crippen LogP contribution >= 0.6 is 0 Å². The van der Waals surface area contributed by atoms with Crippen molar-refractivity contribution in [3.63, 3.8) is 0 Å². The van der Waals surface area contributed by atoms with E-state index in [2.05, 4.69) is 5.32 Å². The summed E-state index contributed by atoms with van der Waals surface area (Å²) in [5.74, 6) is -1.04. The van der Waals surface area contributed by atoms with Crippen molar-refractivity contribution < 1.29 is 19.4 Å². The Hall–Kier alpha value is -2.04. The zero-order valence-corrected chi connectivity index (χ0v) is 8.90. The van der Waals surface area contributed by atoms with E-state index < -0.39 is 11.5 Å². The molecule has 0 radical (unpaired) electrons. The van der Waals surface area contributed by atoms with Crippen LogP contribution in [-0.4, -0.2) is 22.6 Å². The zero-order valence-electron chi connectivity index (χ0n) is 8.90. The van der Waals surface area contributed by atoms with Gasteiger partial charge in [0.15, 0.2) is 5.75 Å². The Morgan fingerprint density at radius 1 is 1.44 bits per heavy atom. The number of nitrogens with one attached hydrogen (secondary N) is 1. The minimum atomic E-state index is -1.01. The second-order valence-corrected chi connectivity index (χ2v) is 4.16. The van der Waals surface area contributed by atoms with Crippen molar-refractivity contribution in [2.45, 2.75) is 19.4 Å². The number of rotatable bonds is 1. The zero-order chi connectivity index (χ0) is 11.9. The van der Waals surface area contributed by atoms with Gasteiger partial charge in [0.05, 0.1) is 11.3 Å². The molecule has 0 aromatic heterocycles. The standard InChI is InChI=1S/C11H11NO4/c1-11(2)10(15)16-8-4-3-6(9(13)14)5-7(8)12-11/h3-5,12H,1-2H3,(H,13,14). The maximum atomic E-state index is 11.5. The molecule has 1 heterocycles. The van der Waals surface area contributed by atoms with Crippen LogP contribution in [0.3, 0.4) is 0 Å². The number of esters is 1. The third-order valence-electron chi connectivity index (χ3n) is 2.39. The lowest BCUT2D eigenvalue weighted by Crippen LogP contribution is -2.46. The second kappa shape index (κ2) is 3.23. The molecule has 0 spiro atoms. The molecule has 84 valence electrons. The van der Waals surface area contributed by atoms with E-state index >= 15 is 0 Å². The molecule has 0 unspecified atom stereocenters. The Kier molecular flexibility index (Phi) is 2.11. The average molecular weight is 221 g/mol. The van der Waals surface area contributed by atoms with E-state index in [1.807, 2.05) is 0 Å². The molecule has 1 aliphatic rings. The molecule has 0 fully saturated rings. The number of ether oxygens (including phenoxy) is 1. The van der Waals surface area contributed by atoms with E-state index in [1.165, 1.54) is 18.2 Å². The van der Waals surface area contributed by atoms with Crippen molar-refractivity contribution in [2.75, 3.05) is 5.32 Å². The third-order valence-corrected chi connectivity index (χ3v) is 2.39. The fourth-order valence-electron chi connectivity index (χ4n) is 1.46. The second-order valence-electron chi connectivity index (χ2n) is 4.16. The van der Waals surface area contributed by atoms with Crippen LogP contribution in [0.1, 0.15) is 24.2 Å². The molecule has 0 saturated heterocycles. The Morgan fingerprint density at radius 3 is 2.75 bits per heavy atom. The predicted octanol–water partition coefficient (Wildman–Crippen LogP) is 1.49. The first kappa shape index (κ1) is 10.5. The molecule has 1 aromatic carbocycles. The highest BCUT2D eigenvalue weighted by molar-refractivity contribution is 5.94. The Labute approximate surface area is 92.0 Å². The number of fused-ring (bicyclic) bond motifs is 1. The van der Waals surface area contributed by atoms with Crippen molar-refractivity contribution in [1.29, 1.82) is 0 Å². The summed E-state index contributed by atoms with van der Waals surface area (Å²) in [5.41, 5.74) is -0.172. The molecule has 0 bridgehead atoms. The van der Waals surface area contributed by atoms with Gasteiger partial charge in [0, 0.05) is 0 Å². The van der Waals surface area contributed by atoms with Crippen molar-refractivity contribution in [1.82, 2.24) is 0 Å². The molecule has 5 heteroatoms. The van der Waals surface area contributed by atoms with Gasteiger partial charge in [-0.1, -0.05) is 0 Å². The van der Waals surface area contributed by atoms with E-state index in [-0.39, 0.29) is 11.5 Å². The van der Waals surface area contributed by atoms with Crippen molar-refractivity contribution in [2.24, 2.45) is 0 Å². The van der Waals surface area contributed by atoms with Gasteiger partial charge in [-0.2, -0.15) is 0 Å². The summed E-state index contributed by atoms with van der Waals surface area (Å²) in [5, 5.41) is 11.8. The van der Waals surface area contributed by atoms with Crippen LogP contribution in [0, 0.1) is 0 Å². The quantitative estimate of drug-likeness (QED) is 0.555. The number of carbonyl (C=O) groups is 2. The van der Waals surface area contributed by atoms with E-state index in [0.717, 1.165) is 0 Å². The first-order valence-electron chi connectivity index (χ1n) is 4.78. The molecular formula is C11H11NO4. The number of hydrogen-bond donors (Lipinski definition) is 2. The highest BCUT2D eigenvalue weighted by atomic mass is 16.5. The van der Waals surface area contributed by atoms with E-state index in [9.17, 15) is 9.59 Å². The summed E-state index contributed by atoms with van der Waals surface area (Å²) in [4.78, 5) is 22.3. The van der Waals surface area contributed by atoms with Crippen LogP contribution in [0.15, 0.2) is 18.2 Å². The maximum absolute atomic E-state index is 11.5. The van der Waals surface area contributed by atoms with Crippen LogP contribution in [0.4, 0.5) is 5.69 Å².